The van der Waals surface area contributed by atoms with Gasteiger partial charge in [0.25, 0.3) is 0 Å². The third kappa shape index (κ3) is 4.97. The molecule has 3 rings (SSSR count). The lowest BCUT2D eigenvalue weighted by molar-refractivity contribution is -0.118. The van der Waals surface area contributed by atoms with Gasteiger partial charge in [-0.05, 0) is 69.2 Å². The van der Waals surface area contributed by atoms with E-state index in [2.05, 4.69) is 34.6 Å². The molecule has 1 saturated heterocycles. The van der Waals surface area contributed by atoms with Crippen LogP contribution in [0.3, 0.4) is 0 Å². The molecule has 0 bridgehead atoms. The van der Waals surface area contributed by atoms with Gasteiger partial charge in [0.2, 0.25) is 5.91 Å². The van der Waals surface area contributed by atoms with Crippen LogP contribution in [0.5, 0.6) is 0 Å². The largest absolute Gasteiger partial charge is 0.372 e. The number of anilines is 2. The highest BCUT2D eigenvalue weighted by molar-refractivity contribution is 5.94. The SMILES string of the molecule is C[C@H](N[C@H]1CCCC[C@@H]1C)C(=O)Nc1ccc(N2CCCCC2)cc1. The zero-order valence-electron chi connectivity index (χ0n) is 15.8. The summed E-state index contributed by atoms with van der Waals surface area (Å²) in [5.41, 5.74) is 2.15. The van der Waals surface area contributed by atoms with Crippen molar-refractivity contribution >= 4 is 17.3 Å². The molecule has 1 amide bonds. The number of benzene rings is 1. The predicted octanol–water partition coefficient (Wildman–Crippen LogP) is 4.17. The van der Waals surface area contributed by atoms with Crippen molar-refractivity contribution < 1.29 is 4.79 Å². The van der Waals surface area contributed by atoms with E-state index in [-0.39, 0.29) is 11.9 Å². The van der Waals surface area contributed by atoms with E-state index < -0.39 is 0 Å². The number of hydrogen-bond acceptors (Lipinski definition) is 3. The van der Waals surface area contributed by atoms with E-state index in [1.807, 2.05) is 19.1 Å². The van der Waals surface area contributed by atoms with Crippen LogP contribution in [0.25, 0.3) is 0 Å². The minimum atomic E-state index is -0.160. The first kappa shape index (κ1) is 18.2. The van der Waals surface area contributed by atoms with Crippen LogP contribution >= 0.6 is 0 Å². The maximum absolute atomic E-state index is 12.5. The molecule has 2 N–H and O–H groups in total. The van der Waals surface area contributed by atoms with Gasteiger partial charge < -0.3 is 15.5 Å². The minimum absolute atomic E-state index is 0.0588. The maximum atomic E-state index is 12.5. The molecule has 1 aliphatic heterocycles. The summed E-state index contributed by atoms with van der Waals surface area (Å²) in [5.74, 6) is 0.719. The molecule has 138 valence electrons. The number of hydrogen-bond donors (Lipinski definition) is 2. The van der Waals surface area contributed by atoms with Gasteiger partial charge in [-0.1, -0.05) is 19.8 Å². The lowest BCUT2D eigenvalue weighted by Gasteiger charge is -2.31. The quantitative estimate of drug-likeness (QED) is 0.843. The summed E-state index contributed by atoms with van der Waals surface area (Å²) in [6.45, 7) is 6.55. The molecule has 0 aromatic heterocycles. The van der Waals surface area contributed by atoms with Crippen LogP contribution in [0.4, 0.5) is 11.4 Å². The monoisotopic (exact) mass is 343 g/mol. The normalized spacial score (nSPS) is 25.4. The van der Waals surface area contributed by atoms with Crippen molar-refractivity contribution in [2.45, 2.75) is 70.9 Å². The second-order valence-electron chi connectivity index (χ2n) is 7.84. The van der Waals surface area contributed by atoms with Gasteiger partial charge >= 0.3 is 0 Å². The summed E-state index contributed by atoms with van der Waals surface area (Å²) in [6.07, 6.45) is 8.95. The number of nitrogens with zero attached hydrogens (tertiary/aromatic N) is 1. The molecule has 0 spiro atoms. The molecule has 0 radical (unpaired) electrons. The van der Waals surface area contributed by atoms with Gasteiger partial charge in [-0.15, -0.1) is 0 Å². The van der Waals surface area contributed by atoms with E-state index in [9.17, 15) is 4.79 Å². The number of rotatable bonds is 5. The van der Waals surface area contributed by atoms with Gasteiger partial charge in [0.1, 0.15) is 0 Å². The molecule has 4 heteroatoms. The third-order valence-corrected chi connectivity index (χ3v) is 5.82. The van der Waals surface area contributed by atoms with Gasteiger partial charge in [0.05, 0.1) is 6.04 Å². The Balaban J connectivity index is 1.51. The van der Waals surface area contributed by atoms with Gasteiger partial charge in [-0.25, -0.2) is 0 Å². The highest BCUT2D eigenvalue weighted by Gasteiger charge is 2.24. The van der Waals surface area contributed by atoms with E-state index in [1.165, 1.54) is 50.6 Å². The van der Waals surface area contributed by atoms with Crippen molar-refractivity contribution in [1.29, 1.82) is 0 Å². The lowest BCUT2D eigenvalue weighted by Crippen LogP contribution is -2.47. The van der Waals surface area contributed by atoms with Crippen LogP contribution in [0.2, 0.25) is 0 Å². The fourth-order valence-corrected chi connectivity index (χ4v) is 4.12. The van der Waals surface area contributed by atoms with Crippen molar-refractivity contribution in [2.75, 3.05) is 23.3 Å². The summed E-state index contributed by atoms with van der Waals surface area (Å²) >= 11 is 0. The molecule has 1 aromatic rings. The van der Waals surface area contributed by atoms with Crippen molar-refractivity contribution in [3.05, 3.63) is 24.3 Å². The fourth-order valence-electron chi connectivity index (χ4n) is 4.12. The Bertz CT molecular complexity index is 551. The molecule has 1 saturated carbocycles. The Morgan fingerprint density at radius 3 is 2.40 bits per heavy atom. The summed E-state index contributed by atoms with van der Waals surface area (Å²) in [5, 5.41) is 6.59. The summed E-state index contributed by atoms with van der Waals surface area (Å²) < 4.78 is 0. The molecule has 0 unspecified atom stereocenters. The molecule has 4 nitrogen and oxygen atoms in total. The van der Waals surface area contributed by atoms with Crippen molar-refractivity contribution in [3.63, 3.8) is 0 Å². The number of piperidine rings is 1. The topological polar surface area (TPSA) is 44.4 Å². The first-order chi connectivity index (χ1) is 12.1. The Labute approximate surface area is 152 Å². The number of carbonyl (C=O) groups excluding carboxylic acids is 1. The summed E-state index contributed by atoms with van der Waals surface area (Å²) in [6, 6.07) is 8.61. The molecular formula is C21H33N3O. The van der Waals surface area contributed by atoms with E-state index in [0.717, 1.165) is 18.8 Å². The second-order valence-corrected chi connectivity index (χ2v) is 7.84. The predicted molar refractivity (Wildman–Crippen MR) is 105 cm³/mol. The smallest absolute Gasteiger partial charge is 0.241 e. The van der Waals surface area contributed by atoms with Crippen LogP contribution < -0.4 is 15.5 Å². The van der Waals surface area contributed by atoms with Crippen LogP contribution in [0.1, 0.15) is 58.8 Å². The molecular weight excluding hydrogens is 310 g/mol. The van der Waals surface area contributed by atoms with Crippen molar-refractivity contribution in [1.82, 2.24) is 5.32 Å². The highest BCUT2D eigenvalue weighted by atomic mass is 16.2. The first-order valence-electron chi connectivity index (χ1n) is 10.1. The summed E-state index contributed by atoms with van der Waals surface area (Å²) in [4.78, 5) is 14.9. The average molecular weight is 344 g/mol. The zero-order chi connectivity index (χ0) is 17.6. The number of amides is 1. The summed E-state index contributed by atoms with van der Waals surface area (Å²) in [7, 11) is 0. The van der Waals surface area contributed by atoms with Gasteiger partial charge in [0, 0.05) is 30.5 Å². The van der Waals surface area contributed by atoms with E-state index in [0.29, 0.717) is 12.0 Å². The fraction of sp³-hybridized carbons (Fsp3) is 0.667. The molecule has 1 aliphatic carbocycles. The van der Waals surface area contributed by atoms with Crippen molar-refractivity contribution in [3.8, 4) is 0 Å². The first-order valence-corrected chi connectivity index (χ1v) is 10.1. The molecule has 2 aliphatic rings. The molecule has 25 heavy (non-hydrogen) atoms. The van der Waals surface area contributed by atoms with Gasteiger partial charge in [-0.3, -0.25) is 4.79 Å². The Hall–Kier alpha value is -1.55. The molecule has 3 atom stereocenters. The molecule has 1 aromatic carbocycles. The highest BCUT2D eigenvalue weighted by Crippen LogP contribution is 2.24. The van der Waals surface area contributed by atoms with E-state index in [1.54, 1.807) is 0 Å². The number of nitrogens with one attached hydrogen (secondary N) is 2. The van der Waals surface area contributed by atoms with Crippen LogP contribution in [-0.2, 0) is 4.79 Å². The third-order valence-electron chi connectivity index (χ3n) is 5.82. The van der Waals surface area contributed by atoms with E-state index >= 15 is 0 Å². The molecule has 1 heterocycles. The molecule has 2 fully saturated rings. The van der Waals surface area contributed by atoms with Gasteiger partial charge in [0.15, 0.2) is 0 Å². The minimum Gasteiger partial charge on any atom is -0.372 e. The number of carbonyl (C=O) groups is 1. The average Bonchev–Trinajstić information content (AvgIpc) is 2.65. The van der Waals surface area contributed by atoms with Gasteiger partial charge in [-0.2, -0.15) is 0 Å². The zero-order valence-corrected chi connectivity index (χ0v) is 15.8. The van der Waals surface area contributed by atoms with Crippen LogP contribution in [0, 0.1) is 5.92 Å². The lowest BCUT2D eigenvalue weighted by atomic mass is 9.85. The standard InChI is InChI=1S/C21H33N3O/c1-16-8-4-5-9-20(16)22-17(2)21(25)23-18-10-12-19(13-11-18)24-14-6-3-7-15-24/h10-13,16-17,20,22H,3-9,14-15H2,1-2H3,(H,23,25)/t16-,17-,20-/m0/s1. The Morgan fingerprint density at radius 2 is 1.72 bits per heavy atom. The Kier molecular flexibility index (Phi) is 6.35. The van der Waals surface area contributed by atoms with E-state index in [4.69, 9.17) is 0 Å². The van der Waals surface area contributed by atoms with Crippen LogP contribution in [-0.4, -0.2) is 31.1 Å². The maximum Gasteiger partial charge on any atom is 0.241 e. The second kappa shape index (κ2) is 8.70. The van der Waals surface area contributed by atoms with Crippen molar-refractivity contribution in [2.24, 2.45) is 5.92 Å². The van der Waals surface area contributed by atoms with Crippen LogP contribution in [0.15, 0.2) is 24.3 Å². The Morgan fingerprint density at radius 1 is 1.04 bits per heavy atom.